The number of aromatic hydroxyl groups is 1. The number of hydrogen-bond donors (Lipinski definition) is 3. The zero-order valence-corrected chi connectivity index (χ0v) is 11.0. The van der Waals surface area contributed by atoms with Gasteiger partial charge in [0.25, 0.3) is 0 Å². The summed E-state index contributed by atoms with van der Waals surface area (Å²) in [5.41, 5.74) is 2.12. The summed E-state index contributed by atoms with van der Waals surface area (Å²) in [4.78, 5) is 0. The van der Waals surface area contributed by atoms with Crippen molar-refractivity contribution in [3.8, 4) is 5.75 Å². The highest BCUT2D eigenvalue weighted by Crippen LogP contribution is 2.30. The van der Waals surface area contributed by atoms with Crippen molar-refractivity contribution >= 4 is 0 Å². The van der Waals surface area contributed by atoms with E-state index in [0.29, 0.717) is 30.7 Å². The van der Waals surface area contributed by atoms with Crippen LogP contribution in [-0.4, -0.2) is 23.4 Å². The van der Waals surface area contributed by atoms with Crippen molar-refractivity contribution in [3.63, 3.8) is 0 Å². The van der Waals surface area contributed by atoms with Crippen molar-refractivity contribution < 1.29 is 10.2 Å². The molecule has 100 valence electrons. The second-order valence-electron chi connectivity index (χ2n) is 5.40. The standard InChI is InChI=1S/C15H23NO2/c1-11-5-6-15(18)14(7-11)9-16-8-12-3-2-4-13(12)10-17/h5-7,12-13,16-18H,2-4,8-10H2,1H3. The maximum atomic E-state index is 9.75. The first-order chi connectivity index (χ1) is 8.70. The summed E-state index contributed by atoms with van der Waals surface area (Å²) >= 11 is 0. The summed E-state index contributed by atoms with van der Waals surface area (Å²) < 4.78 is 0. The zero-order chi connectivity index (χ0) is 13.0. The van der Waals surface area contributed by atoms with Gasteiger partial charge in [-0.2, -0.15) is 0 Å². The number of rotatable bonds is 5. The molecule has 3 nitrogen and oxygen atoms in total. The molecule has 0 aliphatic heterocycles. The second kappa shape index (κ2) is 6.21. The molecule has 0 heterocycles. The number of aryl methyl sites for hydroxylation is 1. The predicted octanol–water partition coefficient (Wildman–Crippen LogP) is 2.20. The number of aliphatic hydroxyl groups is 1. The second-order valence-corrected chi connectivity index (χ2v) is 5.40. The molecule has 2 atom stereocenters. The molecule has 1 aromatic carbocycles. The van der Waals surface area contributed by atoms with Crippen LogP contribution in [-0.2, 0) is 6.54 Å². The Morgan fingerprint density at radius 1 is 1.28 bits per heavy atom. The van der Waals surface area contributed by atoms with E-state index in [0.717, 1.165) is 18.5 Å². The molecule has 0 bridgehead atoms. The van der Waals surface area contributed by atoms with Crippen LogP contribution >= 0.6 is 0 Å². The van der Waals surface area contributed by atoms with Crippen molar-refractivity contribution in [2.45, 2.75) is 32.7 Å². The SMILES string of the molecule is Cc1ccc(O)c(CNCC2CCCC2CO)c1. The number of hydrogen-bond acceptors (Lipinski definition) is 3. The third-order valence-corrected chi connectivity index (χ3v) is 4.01. The van der Waals surface area contributed by atoms with Crippen LogP contribution in [0.3, 0.4) is 0 Å². The summed E-state index contributed by atoms with van der Waals surface area (Å²) in [5, 5.41) is 22.4. The molecule has 3 N–H and O–H groups in total. The van der Waals surface area contributed by atoms with Crippen molar-refractivity contribution in [2.24, 2.45) is 11.8 Å². The van der Waals surface area contributed by atoms with E-state index in [2.05, 4.69) is 5.32 Å². The summed E-state index contributed by atoms with van der Waals surface area (Å²) in [6.07, 6.45) is 3.59. The Morgan fingerprint density at radius 3 is 2.83 bits per heavy atom. The van der Waals surface area contributed by atoms with Gasteiger partial charge in [0.15, 0.2) is 0 Å². The third kappa shape index (κ3) is 3.24. The number of nitrogens with one attached hydrogen (secondary N) is 1. The van der Waals surface area contributed by atoms with E-state index in [4.69, 9.17) is 0 Å². The fourth-order valence-electron chi connectivity index (χ4n) is 2.87. The van der Waals surface area contributed by atoms with Crippen molar-refractivity contribution in [1.82, 2.24) is 5.32 Å². The van der Waals surface area contributed by atoms with Gasteiger partial charge in [-0.25, -0.2) is 0 Å². The highest BCUT2D eigenvalue weighted by Gasteiger charge is 2.25. The Hall–Kier alpha value is -1.06. The Morgan fingerprint density at radius 2 is 2.06 bits per heavy atom. The van der Waals surface area contributed by atoms with Crippen LogP contribution in [0.1, 0.15) is 30.4 Å². The van der Waals surface area contributed by atoms with Crippen LogP contribution in [0.2, 0.25) is 0 Å². The Labute approximate surface area is 109 Å². The Kier molecular flexibility index (Phi) is 4.61. The summed E-state index contributed by atoms with van der Waals surface area (Å²) in [5.74, 6) is 1.41. The molecule has 0 spiro atoms. The predicted molar refractivity (Wildman–Crippen MR) is 72.5 cm³/mol. The van der Waals surface area contributed by atoms with E-state index in [1.807, 2.05) is 19.1 Å². The summed E-state index contributed by atoms with van der Waals surface area (Å²) in [6, 6.07) is 5.68. The van der Waals surface area contributed by atoms with Crippen LogP contribution in [0.4, 0.5) is 0 Å². The smallest absolute Gasteiger partial charge is 0.120 e. The molecule has 1 fully saturated rings. The van der Waals surface area contributed by atoms with Gasteiger partial charge in [-0.15, -0.1) is 0 Å². The molecule has 1 saturated carbocycles. The van der Waals surface area contributed by atoms with Crippen LogP contribution in [0.15, 0.2) is 18.2 Å². The van der Waals surface area contributed by atoms with Crippen LogP contribution in [0, 0.1) is 18.8 Å². The Balaban J connectivity index is 1.83. The van der Waals surface area contributed by atoms with Crippen molar-refractivity contribution in [1.29, 1.82) is 0 Å². The van der Waals surface area contributed by atoms with Gasteiger partial charge in [-0.1, -0.05) is 24.1 Å². The molecule has 0 saturated heterocycles. The number of phenolic OH excluding ortho intramolecular Hbond substituents is 1. The lowest BCUT2D eigenvalue weighted by Crippen LogP contribution is -2.26. The first-order valence-corrected chi connectivity index (χ1v) is 6.80. The molecular weight excluding hydrogens is 226 g/mol. The molecule has 0 amide bonds. The maximum Gasteiger partial charge on any atom is 0.120 e. The van der Waals surface area contributed by atoms with E-state index < -0.39 is 0 Å². The van der Waals surface area contributed by atoms with Gasteiger partial charge < -0.3 is 15.5 Å². The minimum atomic E-state index is 0.308. The van der Waals surface area contributed by atoms with Gasteiger partial charge in [-0.3, -0.25) is 0 Å². The molecule has 2 unspecified atom stereocenters. The first kappa shape index (κ1) is 13.4. The normalized spacial score (nSPS) is 23.4. The monoisotopic (exact) mass is 249 g/mol. The van der Waals surface area contributed by atoms with E-state index in [9.17, 15) is 10.2 Å². The molecule has 1 aliphatic carbocycles. The van der Waals surface area contributed by atoms with Crippen molar-refractivity contribution in [2.75, 3.05) is 13.2 Å². The molecule has 0 aromatic heterocycles. The minimum absolute atomic E-state index is 0.308. The molecule has 2 rings (SSSR count). The average molecular weight is 249 g/mol. The number of benzene rings is 1. The average Bonchev–Trinajstić information content (AvgIpc) is 2.81. The van der Waals surface area contributed by atoms with E-state index >= 15 is 0 Å². The van der Waals surface area contributed by atoms with E-state index in [1.165, 1.54) is 18.4 Å². The summed E-state index contributed by atoms with van der Waals surface area (Å²) in [6.45, 7) is 3.96. The highest BCUT2D eigenvalue weighted by molar-refractivity contribution is 5.35. The van der Waals surface area contributed by atoms with Gasteiger partial charge in [0.05, 0.1) is 0 Å². The fourth-order valence-corrected chi connectivity index (χ4v) is 2.87. The lowest BCUT2D eigenvalue weighted by atomic mass is 9.97. The van der Waals surface area contributed by atoms with Gasteiger partial charge in [-0.05, 0) is 44.2 Å². The lowest BCUT2D eigenvalue weighted by Gasteiger charge is -2.18. The molecule has 3 heteroatoms. The molecular formula is C15H23NO2. The molecule has 18 heavy (non-hydrogen) atoms. The first-order valence-electron chi connectivity index (χ1n) is 6.80. The number of phenols is 1. The van der Waals surface area contributed by atoms with Crippen LogP contribution in [0.25, 0.3) is 0 Å². The quantitative estimate of drug-likeness (QED) is 0.750. The van der Waals surface area contributed by atoms with Gasteiger partial charge in [0.1, 0.15) is 5.75 Å². The van der Waals surface area contributed by atoms with E-state index in [-0.39, 0.29) is 0 Å². The molecule has 1 aliphatic rings. The highest BCUT2D eigenvalue weighted by atomic mass is 16.3. The zero-order valence-electron chi connectivity index (χ0n) is 11.0. The third-order valence-electron chi connectivity index (χ3n) is 4.01. The minimum Gasteiger partial charge on any atom is -0.508 e. The van der Waals surface area contributed by atoms with Gasteiger partial charge in [0.2, 0.25) is 0 Å². The van der Waals surface area contributed by atoms with Crippen LogP contribution < -0.4 is 5.32 Å². The van der Waals surface area contributed by atoms with Crippen molar-refractivity contribution in [3.05, 3.63) is 29.3 Å². The topological polar surface area (TPSA) is 52.5 Å². The van der Waals surface area contributed by atoms with Gasteiger partial charge >= 0.3 is 0 Å². The molecule has 1 aromatic rings. The van der Waals surface area contributed by atoms with Crippen LogP contribution in [0.5, 0.6) is 5.75 Å². The summed E-state index contributed by atoms with van der Waals surface area (Å²) in [7, 11) is 0. The number of aliphatic hydroxyl groups excluding tert-OH is 1. The lowest BCUT2D eigenvalue weighted by molar-refractivity contribution is 0.192. The van der Waals surface area contributed by atoms with Gasteiger partial charge in [0, 0.05) is 18.7 Å². The largest absolute Gasteiger partial charge is 0.508 e. The maximum absolute atomic E-state index is 9.75. The Bertz CT molecular complexity index is 392. The van der Waals surface area contributed by atoms with E-state index in [1.54, 1.807) is 6.07 Å². The molecule has 0 radical (unpaired) electrons. The fraction of sp³-hybridized carbons (Fsp3) is 0.600.